The molecule has 0 atom stereocenters. The van der Waals surface area contributed by atoms with Crippen molar-refractivity contribution in [2.24, 2.45) is 0 Å². The second kappa shape index (κ2) is 4.18. The fraction of sp³-hybridized carbons (Fsp3) is 0.200. The number of aromatic nitrogens is 2. The molecule has 0 spiro atoms. The second-order valence-corrected chi connectivity index (χ2v) is 4.29. The van der Waals surface area contributed by atoms with Crippen molar-refractivity contribution < 1.29 is 9.53 Å². The molecule has 0 bridgehead atoms. The van der Waals surface area contributed by atoms with Gasteiger partial charge in [-0.15, -0.1) is 0 Å². The Bertz CT molecular complexity index is 507. The molecule has 1 heterocycles. The number of halogens is 1. The van der Waals surface area contributed by atoms with Crippen LogP contribution in [0.3, 0.4) is 0 Å². The van der Waals surface area contributed by atoms with Crippen molar-refractivity contribution in [3.05, 3.63) is 27.6 Å². The highest BCUT2D eigenvalue weighted by Crippen LogP contribution is 2.20. The van der Waals surface area contributed by atoms with Crippen LogP contribution < -0.4 is 0 Å². The van der Waals surface area contributed by atoms with E-state index in [1.807, 2.05) is 12.1 Å². The van der Waals surface area contributed by atoms with E-state index in [2.05, 4.69) is 37.3 Å². The van der Waals surface area contributed by atoms with Gasteiger partial charge in [0.2, 0.25) is 0 Å². The largest absolute Gasteiger partial charge is 0.469 e. The maximum atomic E-state index is 11.1. The molecule has 2 aromatic rings. The van der Waals surface area contributed by atoms with E-state index in [1.54, 1.807) is 6.33 Å². The van der Waals surface area contributed by atoms with Crippen molar-refractivity contribution >= 4 is 39.6 Å². The minimum Gasteiger partial charge on any atom is -0.469 e. The summed E-state index contributed by atoms with van der Waals surface area (Å²) in [6, 6.07) is 3.86. The third kappa shape index (κ3) is 2.11. The molecule has 0 aliphatic carbocycles. The molecule has 1 N–H and O–H groups in total. The van der Waals surface area contributed by atoms with Crippen molar-refractivity contribution in [1.82, 2.24) is 9.97 Å². The summed E-state index contributed by atoms with van der Waals surface area (Å²) >= 11 is 2.20. The maximum Gasteiger partial charge on any atom is 0.309 e. The fourth-order valence-corrected chi connectivity index (χ4v) is 2.23. The number of fused-ring (bicyclic) bond motifs is 1. The summed E-state index contributed by atoms with van der Waals surface area (Å²) < 4.78 is 5.65. The van der Waals surface area contributed by atoms with Crippen LogP contribution in [0.4, 0.5) is 0 Å². The number of esters is 1. The Hall–Kier alpha value is -1.11. The lowest BCUT2D eigenvalue weighted by Crippen LogP contribution is -2.04. The Kier molecular flexibility index (Phi) is 2.90. The number of carbonyl (C=O) groups is 1. The van der Waals surface area contributed by atoms with Gasteiger partial charge in [-0.1, -0.05) is 0 Å². The molecule has 0 saturated heterocycles. The van der Waals surface area contributed by atoms with E-state index in [0.29, 0.717) is 6.42 Å². The molecular weight excluding hydrogens is 307 g/mol. The number of nitrogens with zero attached hydrogens (tertiary/aromatic N) is 1. The van der Waals surface area contributed by atoms with Crippen molar-refractivity contribution in [1.29, 1.82) is 0 Å². The summed E-state index contributed by atoms with van der Waals surface area (Å²) in [5.74, 6) is -0.232. The SMILES string of the molecule is COC(=O)Cc1cc(I)c2nc[nH]c2c1. The predicted molar refractivity (Wildman–Crippen MR) is 64.5 cm³/mol. The van der Waals surface area contributed by atoms with Crippen LogP contribution in [0.1, 0.15) is 5.56 Å². The number of hydrogen-bond donors (Lipinski definition) is 1. The van der Waals surface area contributed by atoms with Gasteiger partial charge < -0.3 is 9.72 Å². The maximum absolute atomic E-state index is 11.1. The highest BCUT2D eigenvalue weighted by atomic mass is 127. The number of benzene rings is 1. The molecule has 0 aliphatic heterocycles. The lowest BCUT2D eigenvalue weighted by atomic mass is 10.1. The number of hydrogen-bond acceptors (Lipinski definition) is 3. The van der Waals surface area contributed by atoms with Gasteiger partial charge in [0.05, 0.1) is 25.4 Å². The number of aromatic amines is 1. The summed E-state index contributed by atoms with van der Waals surface area (Å²) in [5, 5.41) is 0. The number of imidazole rings is 1. The molecule has 1 aromatic heterocycles. The van der Waals surface area contributed by atoms with Gasteiger partial charge in [-0.2, -0.15) is 0 Å². The van der Waals surface area contributed by atoms with Crippen LogP contribution in [0.15, 0.2) is 18.5 Å². The normalized spacial score (nSPS) is 10.5. The molecular formula is C10H9IN2O2. The molecule has 0 unspecified atom stereocenters. The van der Waals surface area contributed by atoms with E-state index < -0.39 is 0 Å². The molecule has 0 saturated carbocycles. The first kappa shape index (κ1) is 10.4. The van der Waals surface area contributed by atoms with Crippen molar-refractivity contribution in [2.45, 2.75) is 6.42 Å². The second-order valence-electron chi connectivity index (χ2n) is 3.13. The summed E-state index contributed by atoms with van der Waals surface area (Å²) in [5.41, 5.74) is 2.81. The van der Waals surface area contributed by atoms with Crippen LogP contribution in [0.5, 0.6) is 0 Å². The number of nitrogens with one attached hydrogen (secondary N) is 1. The van der Waals surface area contributed by atoms with E-state index in [-0.39, 0.29) is 5.97 Å². The van der Waals surface area contributed by atoms with Gasteiger partial charge in [-0.3, -0.25) is 4.79 Å². The van der Waals surface area contributed by atoms with Crippen molar-refractivity contribution in [2.75, 3.05) is 7.11 Å². The number of methoxy groups -OCH3 is 1. The van der Waals surface area contributed by atoms with Gasteiger partial charge >= 0.3 is 5.97 Å². The van der Waals surface area contributed by atoms with Crippen LogP contribution in [-0.4, -0.2) is 23.0 Å². The van der Waals surface area contributed by atoms with E-state index in [9.17, 15) is 4.79 Å². The Morgan fingerprint density at radius 1 is 1.60 bits per heavy atom. The molecule has 0 amide bonds. The number of H-pyrrole nitrogens is 1. The Morgan fingerprint density at radius 3 is 3.13 bits per heavy atom. The van der Waals surface area contributed by atoms with Crippen molar-refractivity contribution in [3.63, 3.8) is 0 Å². The standard InChI is InChI=1S/C10H9IN2O2/c1-15-9(14)4-6-2-7(11)10-8(3-6)12-5-13-10/h2-3,5H,4H2,1H3,(H,12,13). The van der Waals surface area contributed by atoms with Crippen LogP contribution in [0.2, 0.25) is 0 Å². The van der Waals surface area contributed by atoms with Gasteiger partial charge in [0, 0.05) is 3.57 Å². The van der Waals surface area contributed by atoms with Gasteiger partial charge in [0.25, 0.3) is 0 Å². The Labute approximate surface area is 100 Å². The number of carbonyl (C=O) groups excluding carboxylic acids is 1. The number of ether oxygens (including phenoxy) is 1. The van der Waals surface area contributed by atoms with E-state index in [4.69, 9.17) is 0 Å². The first-order valence-electron chi connectivity index (χ1n) is 4.39. The van der Waals surface area contributed by atoms with Gasteiger partial charge in [0.15, 0.2) is 0 Å². The summed E-state index contributed by atoms with van der Waals surface area (Å²) in [6.07, 6.45) is 1.94. The van der Waals surface area contributed by atoms with Crippen LogP contribution in [-0.2, 0) is 16.0 Å². The van der Waals surface area contributed by atoms with Crippen LogP contribution in [0.25, 0.3) is 11.0 Å². The average molecular weight is 316 g/mol. The molecule has 5 heteroatoms. The quantitative estimate of drug-likeness (QED) is 0.680. The average Bonchev–Trinajstić information content (AvgIpc) is 2.66. The highest BCUT2D eigenvalue weighted by Gasteiger charge is 2.07. The molecule has 4 nitrogen and oxygen atoms in total. The summed E-state index contributed by atoms with van der Waals surface area (Å²) in [4.78, 5) is 18.3. The smallest absolute Gasteiger partial charge is 0.309 e. The van der Waals surface area contributed by atoms with Crippen LogP contribution in [0, 0.1) is 3.57 Å². The third-order valence-electron chi connectivity index (χ3n) is 2.11. The van der Waals surface area contributed by atoms with E-state index in [1.165, 1.54) is 7.11 Å². The summed E-state index contributed by atoms with van der Waals surface area (Å²) in [7, 11) is 1.39. The lowest BCUT2D eigenvalue weighted by Gasteiger charge is -2.01. The monoisotopic (exact) mass is 316 g/mol. The highest BCUT2D eigenvalue weighted by molar-refractivity contribution is 14.1. The molecule has 0 fully saturated rings. The predicted octanol–water partition coefficient (Wildman–Crippen LogP) is 1.88. The van der Waals surface area contributed by atoms with Gasteiger partial charge in [-0.05, 0) is 40.3 Å². The molecule has 1 aromatic carbocycles. The topological polar surface area (TPSA) is 55.0 Å². The van der Waals surface area contributed by atoms with Gasteiger partial charge in [-0.25, -0.2) is 4.98 Å². The molecule has 2 rings (SSSR count). The number of rotatable bonds is 2. The molecule has 78 valence electrons. The van der Waals surface area contributed by atoms with E-state index >= 15 is 0 Å². The molecule has 15 heavy (non-hydrogen) atoms. The minimum absolute atomic E-state index is 0.232. The third-order valence-corrected chi connectivity index (χ3v) is 2.94. The van der Waals surface area contributed by atoms with Crippen molar-refractivity contribution in [3.8, 4) is 0 Å². The van der Waals surface area contributed by atoms with Crippen LogP contribution >= 0.6 is 22.6 Å². The van der Waals surface area contributed by atoms with E-state index in [0.717, 1.165) is 20.2 Å². The Morgan fingerprint density at radius 2 is 2.40 bits per heavy atom. The Balaban J connectivity index is 2.40. The molecule has 0 aliphatic rings. The zero-order chi connectivity index (χ0) is 10.8. The zero-order valence-corrected chi connectivity index (χ0v) is 10.2. The first-order chi connectivity index (χ1) is 7.20. The molecule has 0 radical (unpaired) electrons. The first-order valence-corrected chi connectivity index (χ1v) is 5.47. The van der Waals surface area contributed by atoms with Gasteiger partial charge in [0.1, 0.15) is 5.52 Å². The minimum atomic E-state index is -0.232. The fourth-order valence-electron chi connectivity index (χ4n) is 1.40. The summed E-state index contributed by atoms with van der Waals surface area (Å²) in [6.45, 7) is 0. The zero-order valence-electron chi connectivity index (χ0n) is 8.08. The lowest BCUT2D eigenvalue weighted by molar-refractivity contribution is -0.139.